The molecule has 8 nitrogen and oxygen atoms in total. The fourth-order valence-corrected chi connectivity index (χ4v) is 7.49. The maximum atomic E-state index is 13.4. The van der Waals surface area contributed by atoms with Crippen molar-refractivity contribution in [2.45, 2.75) is 69.0 Å². The van der Waals surface area contributed by atoms with Gasteiger partial charge in [0.1, 0.15) is 5.03 Å². The van der Waals surface area contributed by atoms with Gasteiger partial charge in [-0.25, -0.2) is 9.97 Å². The number of anilines is 1. The molecule has 5 fully saturated rings. The van der Waals surface area contributed by atoms with Crippen LogP contribution in [0.5, 0.6) is 0 Å². The van der Waals surface area contributed by atoms with Crippen molar-refractivity contribution in [2.75, 3.05) is 36.8 Å². The highest BCUT2D eigenvalue weighted by atomic mass is 32.2. The van der Waals surface area contributed by atoms with Crippen LogP contribution in [0.25, 0.3) is 0 Å². The highest BCUT2D eigenvalue weighted by Crippen LogP contribution is 2.55. The molecule has 2 atom stereocenters. The van der Waals surface area contributed by atoms with Crippen molar-refractivity contribution in [2.24, 2.45) is 17.8 Å². The minimum Gasteiger partial charge on any atom is -0.390 e. The van der Waals surface area contributed by atoms with Crippen LogP contribution < -0.4 is 10.2 Å². The van der Waals surface area contributed by atoms with E-state index in [4.69, 9.17) is 4.98 Å². The first-order chi connectivity index (χ1) is 15.8. The predicted octanol–water partition coefficient (Wildman–Crippen LogP) is 2.32. The molecule has 2 amide bonds. The summed E-state index contributed by atoms with van der Waals surface area (Å²) in [4.78, 5) is 38.3. The SMILES string of the molecule is CCCSc1nc(N2CCN(C(C)=O)CC2)ncc1C(=O)N[C@H]1C2CC3CC1C[C@@](O)(C3)C2. The lowest BCUT2D eigenvalue weighted by Crippen LogP contribution is -2.61. The van der Waals surface area contributed by atoms with E-state index in [1.807, 2.05) is 4.90 Å². The molecule has 0 spiro atoms. The van der Waals surface area contributed by atoms with Crippen LogP contribution in [0.15, 0.2) is 11.2 Å². The van der Waals surface area contributed by atoms with Crippen LogP contribution in [0.4, 0.5) is 5.95 Å². The number of thioether (sulfide) groups is 1. The molecular weight excluding hydrogens is 438 g/mol. The Balaban J connectivity index is 1.31. The number of carbonyl (C=O) groups excluding carboxylic acids is 2. The molecule has 2 heterocycles. The van der Waals surface area contributed by atoms with Gasteiger partial charge in [-0.05, 0) is 62.0 Å². The molecule has 1 aromatic heterocycles. The Morgan fingerprint density at radius 3 is 2.48 bits per heavy atom. The van der Waals surface area contributed by atoms with Gasteiger partial charge in [0.05, 0.1) is 11.2 Å². The number of aliphatic hydroxyl groups is 1. The number of rotatable bonds is 6. The van der Waals surface area contributed by atoms with Crippen molar-refractivity contribution < 1.29 is 14.7 Å². The summed E-state index contributed by atoms with van der Waals surface area (Å²) >= 11 is 1.61. The van der Waals surface area contributed by atoms with E-state index in [-0.39, 0.29) is 17.9 Å². The van der Waals surface area contributed by atoms with E-state index in [1.165, 1.54) is 0 Å². The van der Waals surface area contributed by atoms with Gasteiger partial charge in [0.15, 0.2) is 0 Å². The van der Waals surface area contributed by atoms with Gasteiger partial charge in [0.2, 0.25) is 11.9 Å². The van der Waals surface area contributed by atoms with E-state index in [1.54, 1.807) is 24.9 Å². The Morgan fingerprint density at radius 1 is 1.18 bits per heavy atom. The smallest absolute Gasteiger partial charge is 0.255 e. The van der Waals surface area contributed by atoms with Gasteiger partial charge in [0.25, 0.3) is 5.91 Å². The zero-order valence-corrected chi connectivity index (χ0v) is 20.4. The van der Waals surface area contributed by atoms with Crippen LogP contribution in [-0.4, -0.2) is 75.4 Å². The summed E-state index contributed by atoms with van der Waals surface area (Å²) in [7, 11) is 0. The topological polar surface area (TPSA) is 98.7 Å². The van der Waals surface area contributed by atoms with E-state index in [0.717, 1.165) is 49.3 Å². The second kappa shape index (κ2) is 9.06. The molecule has 0 radical (unpaired) electrons. The lowest BCUT2D eigenvalue weighted by molar-refractivity contribution is -0.137. The van der Waals surface area contributed by atoms with Crippen LogP contribution in [-0.2, 0) is 4.79 Å². The number of aromatic nitrogens is 2. The van der Waals surface area contributed by atoms with Gasteiger partial charge in [-0.3, -0.25) is 9.59 Å². The zero-order valence-electron chi connectivity index (χ0n) is 19.6. The van der Waals surface area contributed by atoms with Crippen LogP contribution in [0.2, 0.25) is 0 Å². The highest BCUT2D eigenvalue weighted by Gasteiger charge is 2.55. The molecule has 5 aliphatic rings. The number of carbonyl (C=O) groups is 2. The lowest BCUT2D eigenvalue weighted by atomic mass is 9.52. The van der Waals surface area contributed by atoms with Crippen LogP contribution in [0.1, 0.15) is 62.7 Å². The van der Waals surface area contributed by atoms with Gasteiger partial charge in [-0.15, -0.1) is 11.8 Å². The number of hydrogen-bond acceptors (Lipinski definition) is 7. The first-order valence-electron chi connectivity index (χ1n) is 12.4. The van der Waals surface area contributed by atoms with E-state index in [9.17, 15) is 14.7 Å². The number of nitrogens with one attached hydrogen (secondary N) is 1. The fraction of sp³-hybridized carbons (Fsp3) is 0.750. The van der Waals surface area contributed by atoms with Crippen molar-refractivity contribution in [3.05, 3.63) is 11.8 Å². The van der Waals surface area contributed by atoms with E-state index >= 15 is 0 Å². The Hall–Kier alpha value is -1.87. The minimum atomic E-state index is -0.503. The number of hydrogen-bond donors (Lipinski definition) is 2. The second-order valence-corrected chi connectivity index (χ2v) is 11.5. The lowest BCUT2D eigenvalue weighted by Gasteiger charge is -2.58. The largest absolute Gasteiger partial charge is 0.390 e. The van der Waals surface area contributed by atoms with Gasteiger partial charge in [0, 0.05) is 45.3 Å². The first-order valence-corrected chi connectivity index (χ1v) is 13.4. The molecule has 9 heteroatoms. The van der Waals surface area contributed by atoms with Gasteiger partial charge < -0.3 is 20.2 Å². The molecule has 4 aliphatic carbocycles. The van der Waals surface area contributed by atoms with Crippen LogP contribution in [0, 0.1) is 17.8 Å². The average molecular weight is 474 g/mol. The summed E-state index contributed by atoms with van der Waals surface area (Å²) in [5, 5.41) is 14.9. The quantitative estimate of drug-likeness (QED) is 0.483. The Morgan fingerprint density at radius 2 is 1.88 bits per heavy atom. The fourth-order valence-electron chi connectivity index (χ4n) is 6.64. The molecule has 4 saturated carbocycles. The summed E-state index contributed by atoms with van der Waals surface area (Å²) in [5.41, 5.74) is 0.0453. The Kier molecular flexibility index (Phi) is 6.29. The second-order valence-electron chi connectivity index (χ2n) is 10.4. The van der Waals surface area contributed by atoms with Crippen molar-refractivity contribution in [3.63, 3.8) is 0 Å². The molecule has 1 aliphatic heterocycles. The van der Waals surface area contributed by atoms with Gasteiger partial charge >= 0.3 is 0 Å². The molecule has 0 aromatic carbocycles. The standard InChI is InChI=1S/C24H35N5O3S/c1-3-8-33-22-19(14-25-23(27-22)29-6-4-28(5-7-29)15(2)30)21(31)26-20-17-9-16-10-18(20)13-24(32,11-16)12-17/h14,16-18,20,32H,3-13H2,1-2H3,(H,26,31)/t16?,17?,18?,20-,24+. The summed E-state index contributed by atoms with van der Waals surface area (Å²) in [6.45, 7) is 6.43. The minimum absolute atomic E-state index is 0.0917. The number of amides is 2. The van der Waals surface area contributed by atoms with Gasteiger partial charge in [-0.2, -0.15) is 0 Å². The van der Waals surface area contributed by atoms with Crippen molar-refractivity contribution in [3.8, 4) is 0 Å². The molecule has 2 N–H and O–H groups in total. The number of piperazine rings is 1. The summed E-state index contributed by atoms with van der Waals surface area (Å²) < 4.78 is 0. The summed E-state index contributed by atoms with van der Waals surface area (Å²) in [6, 6.07) is 0.137. The predicted molar refractivity (Wildman–Crippen MR) is 127 cm³/mol. The third-order valence-corrected chi connectivity index (χ3v) is 9.17. The highest BCUT2D eigenvalue weighted by molar-refractivity contribution is 7.99. The third kappa shape index (κ3) is 4.58. The van der Waals surface area contributed by atoms with Crippen molar-refractivity contribution in [1.82, 2.24) is 20.2 Å². The Labute approximate surface area is 199 Å². The molecule has 33 heavy (non-hydrogen) atoms. The van der Waals surface area contributed by atoms with Crippen LogP contribution in [0.3, 0.4) is 0 Å². The molecule has 180 valence electrons. The van der Waals surface area contributed by atoms with Crippen LogP contribution >= 0.6 is 11.8 Å². The first kappa shape index (κ1) is 22.9. The molecular formula is C24H35N5O3S. The van der Waals surface area contributed by atoms with Gasteiger partial charge in [-0.1, -0.05) is 6.92 Å². The van der Waals surface area contributed by atoms with E-state index < -0.39 is 5.60 Å². The molecule has 2 unspecified atom stereocenters. The monoisotopic (exact) mass is 473 g/mol. The third-order valence-electron chi connectivity index (χ3n) is 7.98. The Bertz CT molecular complexity index is 903. The van der Waals surface area contributed by atoms with E-state index in [0.29, 0.717) is 55.4 Å². The normalized spacial score (nSPS) is 32.8. The summed E-state index contributed by atoms with van der Waals surface area (Å²) in [6.07, 6.45) is 7.46. The molecule has 1 aromatic rings. The average Bonchev–Trinajstić information content (AvgIpc) is 2.78. The van der Waals surface area contributed by atoms with E-state index in [2.05, 4.69) is 22.1 Å². The zero-order chi connectivity index (χ0) is 23.2. The number of nitrogens with zero attached hydrogens (tertiary/aromatic N) is 4. The van der Waals surface area contributed by atoms with Crippen molar-refractivity contribution in [1.29, 1.82) is 0 Å². The molecule has 6 rings (SSSR count). The maximum absolute atomic E-state index is 13.4. The van der Waals surface area contributed by atoms with Crippen molar-refractivity contribution >= 4 is 29.5 Å². The maximum Gasteiger partial charge on any atom is 0.255 e. The molecule has 4 bridgehead atoms. The summed E-state index contributed by atoms with van der Waals surface area (Å²) in [5.74, 6) is 2.87. The molecule has 1 saturated heterocycles.